The van der Waals surface area contributed by atoms with Gasteiger partial charge < -0.3 is 19.1 Å². The van der Waals surface area contributed by atoms with E-state index in [1.165, 1.54) is 167 Å². The van der Waals surface area contributed by atoms with E-state index in [1.54, 1.807) is 5.57 Å². The Balaban J connectivity index is 0.960. The van der Waals surface area contributed by atoms with Crippen LogP contribution in [0, 0.1) is 46.3 Å². The highest BCUT2D eigenvalue weighted by Crippen LogP contribution is 2.67. The lowest BCUT2D eigenvalue weighted by molar-refractivity contribution is -0.0803. The summed E-state index contributed by atoms with van der Waals surface area (Å²) >= 11 is 0. The molecule has 4 aliphatic carbocycles. The second kappa shape index (κ2) is 26.6. The maximum atomic E-state index is 6.64. The van der Waals surface area contributed by atoms with Gasteiger partial charge in [0.1, 0.15) is 0 Å². The fourth-order valence-corrected chi connectivity index (χ4v) is 13.2. The molecule has 1 heterocycles. The van der Waals surface area contributed by atoms with Crippen LogP contribution in [0.1, 0.15) is 208 Å². The minimum atomic E-state index is 0.143. The molecule has 5 aliphatic rings. The third-order valence-corrected chi connectivity index (χ3v) is 16.8. The Hall–Kier alpha value is -0.940. The van der Waals surface area contributed by atoms with E-state index in [4.69, 9.17) is 14.2 Å². The van der Waals surface area contributed by atoms with Crippen LogP contribution < -0.4 is 0 Å². The van der Waals surface area contributed by atoms with Crippen molar-refractivity contribution in [3.8, 4) is 0 Å². The molecule has 0 aromatic rings. The van der Waals surface area contributed by atoms with Crippen LogP contribution in [-0.2, 0) is 14.2 Å². The quantitative estimate of drug-likeness (QED) is 0.0556. The van der Waals surface area contributed by atoms with E-state index in [0.29, 0.717) is 36.8 Å². The van der Waals surface area contributed by atoms with Crippen LogP contribution in [0.2, 0.25) is 0 Å². The molecule has 9 atom stereocenters. The minimum Gasteiger partial charge on any atom is -0.379 e. The molecule has 5 rings (SSSR count). The number of likely N-dealkylation sites (tertiary alicyclic amines) is 1. The second-order valence-corrected chi connectivity index (χ2v) is 21.5. The number of piperidine rings is 1. The maximum absolute atomic E-state index is 6.64. The van der Waals surface area contributed by atoms with Crippen molar-refractivity contribution in [2.24, 2.45) is 46.3 Å². The normalized spacial score (nSPS) is 31.1. The maximum Gasteiger partial charge on any atom is 0.0936 e. The molecule has 0 bridgehead atoms. The molecule has 3 saturated carbocycles. The van der Waals surface area contributed by atoms with Gasteiger partial charge in [0, 0.05) is 13.2 Å². The average Bonchev–Trinajstić information content (AvgIpc) is 3.59. The summed E-state index contributed by atoms with van der Waals surface area (Å²) < 4.78 is 19.5. The largest absolute Gasteiger partial charge is 0.379 e. The van der Waals surface area contributed by atoms with Gasteiger partial charge in [0.05, 0.1) is 32.0 Å². The van der Waals surface area contributed by atoms with E-state index in [2.05, 4.69) is 76.8 Å². The van der Waals surface area contributed by atoms with Gasteiger partial charge in [-0.25, -0.2) is 0 Å². The summed E-state index contributed by atoms with van der Waals surface area (Å²) in [6.07, 6.45) is 47.2. The van der Waals surface area contributed by atoms with E-state index >= 15 is 0 Å². The highest BCUT2D eigenvalue weighted by molar-refractivity contribution is 5.25. The number of fused-ring (bicyclic) bond motifs is 5. The number of nitrogens with zero attached hydrogens (tertiary/aromatic N) is 1. The summed E-state index contributed by atoms with van der Waals surface area (Å²) in [7, 11) is 0. The van der Waals surface area contributed by atoms with Crippen molar-refractivity contribution in [1.29, 1.82) is 0 Å². The molecule has 0 amide bonds. The summed E-state index contributed by atoms with van der Waals surface area (Å²) in [6.45, 7) is 21.4. The zero-order valence-electron chi connectivity index (χ0n) is 40.0. The fourth-order valence-electron chi connectivity index (χ4n) is 13.2. The molecular weight excluding hydrogens is 723 g/mol. The lowest BCUT2D eigenvalue weighted by Gasteiger charge is -2.58. The van der Waals surface area contributed by atoms with Crippen LogP contribution in [0.5, 0.6) is 0 Å². The van der Waals surface area contributed by atoms with Gasteiger partial charge in [-0.3, -0.25) is 0 Å². The van der Waals surface area contributed by atoms with E-state index in [9.17, 15) is 0 Å². The molecule has 0 spiro atoms. The Morgan fingerprint density at radius 3 is 2.25 bits per heavy atom. The lowest BCUT2D eigenvalue weighted by atomic mass is 9.47. The first-order valence-corrected chi connectivity index (χ1v) is 26.3. The van der Waals surface area contributed by atoms with E-state index in [0.717, 1.165) is 61.5 Å². The van der Waals surface area contributed by atoms with Crippen molar-refractivity contribution >= 4 is 0 Å². The molecule has 0 aromatic carbocycles. The zero-order valence-corrected chi connectivity index (χ0v) is 40.0. The van der Waals surface area contributed by atoms with Crippen LogP contribution in [0.15, 0.2) is 36.0 Å². The van der Waals surface area contributed by atoms with Crippen LogP contribution >= 0.6 is 0 Å². The van der Waals surface area contributed by atoms with E-state index in [1.807, 2.05) is 0 Å². The Morgan fingerprint density at radius 1 is 0.746 bits per heavy atom. The van der Waals surface area contributed by atoms with Crippen molar-refractivity contribution in [1.82, 2.24) is 4.90 Å². The Kier molecular flexibility index (Phi) is 22.2. The van der Waals surface area contributed by atoms with Crippen molar-refractivity contribution in [2.75, 3.05) is 46.1 Å². The lowest BCUT2D eigenvalue weighted by Crippen LogP contribution is -2.51. The summed E-state index contributed by atoms with van der Waals surface area (Å²) in [4.78, 5) is 2.61. The van der Waals surface area contributed by atoms with Crippen molar-refractivity contribution in [3.05, 3.63) is 36.0 Å². The smallest absolute Gasteiger partial charge is 0.0936 e. The number of hydrogen-bond acceptors (Lipinski definition) is 4. The molecule has 4 heteroatoms. The van der Waals surface area contributed by atoms with Crippen LogP contribution in [0.25, 0.3) is 0 Å². The zero-order chi connectivity index (χ0) is 41.8. The topological polar surface area (TPSA) is 30.9 Å². The number of hydrogen-bond donors (Lipinski definition) is 0. The molecular formula is C55H97NO3. The number of ether oxygens (including phenoxy) is 3. The van der Waals surface area contributed by atoms with Crippen molar-refractivity contribution in [2.45, 2.75) is 221 Å². The predicted molar refractivity (Wildman–Crippen MR) is 253 cm³/mol. The monoisotopic (exact) mass is 820 g/mol. The molecule has 1 aliphatic heterocycles. The summed E-state index contributed by atoms with van der Waals surface area (Å²) in [5.74, 6) is 5.39. The van der Waals surface area contributed by atoms with Crippen LogP contribution in [0.3, 0.4) is 0 Å². The van der Waals surface area contributed by atoms with Crippen LogP contribution in [-0.4, -0.2) is 63.2 Å². The predicted octanol–water partition coefficient (Wildman–Crippen LogP) is 15.1. The van der Waals surface area contributed by atoms with E-state index < -0.39 is 0 Å². The van der Waals surface area contributed by atoms with Gasteiger partial charge in [-0.15, -0.1) is 0 Å². The van der Waals surface area contributed by atoms with Gasteiger partial charge in [-0.2, -0.15) is 0 Å². The summed E-state index contributed by atoms with van der Waals surface area (Å²) in [5.41, 5.74) is 2.71. The van der Waals surface area contributed by atoms with Crippen LogP contribution in [0.4, 0.5) is 0 Å². The molecule has 340 valence electrons. The van der Waals surface area contributed by atoms with Crippen molar-refractivity contribution < 1.29 is 14.2 Å². The first kappa shape index (κ1) is 49.1. The highest BCUT2D eigenvalue weighted by Gasteiger charge is 2.59. The van der Waals surface area contributed by atoms with Gasteiger partial charge in [0.2, 0.25) is 0 Å². The third-order valence-electron chi connectivity index (χ3n) is 16.8. The number of rotatable bonds is 29. The molecule has 4 fully saturated rings. The first-order valence-electron chi connectivity index (χ1n) is 26.3. The van der Waals surface area contributed by atoms with Crippen molar-refractivity contribution in [3.63, 3.8) is 0 Å². The fraction of sp³-hybridized carbons (Fsp3) is 0.891. The minimum absolute atomic E-state index is 0.143. The Labute approximate surface area is 366 Å². The molecule has 0 N–H and O–H groups in total. The summed E-state index contributed by atoms with van der Waals surface area (Å²) in [5, 5.41) is 0. The number of allylic oxidation sites excluding steroid dienone is 5. The molecule has 59 heavy (non-hydrogen) atoms. The van der Waals surface area contributed by atoms with E-state index in [-0.39, 0.29) is 6.10 Å². The third kappa shape index (κ3) is 15.4. The van der Waals surface area contributed by atoms with Gasteiger partial charge in [-0.05, 0) is 162 Å². The second-order valence-electron chi connectivity index (χ2n) is 21.5. The molecule has 0 radical (unpaired) electrons. The summed E-state index contributed by atoms with van der Waals surface area (Å²) in [6, 6.07) is 0. The SMILES string of the molecule is CCCCC/C=C\C/C=C\CCCCCCCCOCC(CN1CCCCC1)OCCO[C@H]1CC[C@@]2(C)C(=CC[C@H]3[C@@H]4CC[C@H]([C@H](C)CCCC(C)C)[C@@]4(C)CC[C@@H]32)C1. The Bertz CT molecular complexity index is 1220. The van der Waals surface area contributed by atoms with Gasteiger partial charge in [0.25, 0.3) is 0 Å². The van der Waals surface area contributed by atoms with Gasteiger partial charge in [0.15, 0.2) is 0 Å². The molecule has 0 aromatic heterocycles. The average molecular weight is 820 g/mol. The molecule has 1 unspecified atom stereocenters. The van der Waals surface area contributed by atoms with Gasteiger partial charge >= 0.3 is 0 Å². The van der Waals surface area contributed by atoms with Gasteiger partial charge in [-0.1, -0.05) is 142 Å². The highest BCUT2D eigenvalue weighted by atomic mass is 16.6. The Morgan fingerprint density at radius 2 is 1.49 bits per heavy atom. The molecule has 4 nitrogen and oxygen atoms in total. The first-order chi connectivity index (χ1) is 28.7. The standard InChI is InChI=1S/C55H97NO3/c1-7-8-9-10-11-12-13-14-15-16-17-18-19-20-21-25-39-57-44-49(43-56-37-23-22-24-38-56)59-41-40-58-48-33-35-54(5)47(42-48)29-30-50-52-32-31-51(46(4)28-26-27-45(2)3)55(52,6)36-34-53(50)54/h11-12,14-15,29,45-46,48-53H,7-10,13,16-28,30-44H2,1-6H3/b12-11-,15-14-/t46-,48+,49?,50+,51-,52+,53+,54+,55-/m1/s1. The molecule has 1 saturated heterocycles. The number of unbranched alkanes of at least 4 members (excludes halogenated alkanes) is 9.